The van der Waals surface area contributed by atoms with Crippen LogP contribution in [0.3, 0.4) is 0 Å². The molecule has 2 amide bonds. The summed E-state index contributed by atoms with van der Waals surface area (Å²) in [6.45, 7) is 6.87. The predicted octanol–water partition coefficient (Wildman–Crippen LogP) is 3.06. The number of nitrogens with zero attached hydrogens (tertiary/aromatic N) is 2. The van der Waals surface area contributed by atoms with Crippen LogP contribution in [0.2, 0.25) is 0 Å². The molecule has 23 heavy (non-hydrogen) atoms. The lowest BCUT2D eigenvalue weighted by atomic mass is 9.91. The number of carbonyl (C=O) groups excluding carboxylic acids is 2. The number of hydrogen-bond donors (Lipinski definition) is 0. The normalized spacial score (nSPS) is 33.8. The first-order valence-electron chi connectivity index (χ1n) is 9.63. The molecule has 0 bridgehead atoms. The highest BCUT2D eigenvalue weighted by atomic mass is 16.2. The lowest BCUT2D eigenvalue weighted by molar-refractivity contribution is -0.138. The number of likely N-dealkylation sites (tertiary alicyclic amines) is 2. The van der Waals surface area contributed by atoms with Gasteiger partial charge in [-0.25, -0.2) is 0 Å². The van der Waals surface area contributed by atoms with Gasteiger partial charge in [0.05, 0.1) is 5.92 Å². The molecule has 4 heteroatoms. The molecule has 4 nitrogen and oxygen atoms in total. The van der Waals surface area contributed by atoms with Gasteiger partial charge >= 0.3 is 0 Å². The minimum atomic E-state index is -0.0942. The largest absolute Gasteiger partial charge is 0.342 e. The quantitative estimate of drug-likeness (QED) is 0.734. The molecule has 3 atom stereocenters. The second-order valence-electron chi connectivity index (χ2n) is 8.28. The molecule has 2 heterocycles. The van der Waals surface area contributed by atoms with Crippen molar-refractivity contribution in [3.05, 3.63) is 0 Å². The zero-order chi connectivity index (χ0) is 16.4. The molecule has 2 aliphatic heterocycles. The molecule has 0 spiro atoms. The fourth-order valence-electron chi connectivity index (χ4n) is 4.92. The Hall–Kier alpha value is -1.06. The van der Waals surface area contributed by atoms with E-state index in [1.807, 2.05) is 9.80 Å². The number of rotatable bonds is 2. The van der Waals surface area contributed by atoms with Crippen LogP contribution < -0.4 is 0 Å². The van der Waals surface area contributed by atoms with Gasteiger partial charge in [0.2, 0.25) is 11.8 Å². The van der Waals surface area contributed by atoms with E-state index >= 15 is 0 Å². The van der Waals surface area contributed by atoms with Gasteiger partial charge in [0, 0.05) is 32.1 Å². The average Bonchev–Trinajstić information content (AvgIpc) is 2.72. The second-order valence-corrected chi connectivity index (χ2v) is 8.28. The van der Waals surface area contributed by atoms with Gasteiger partial charge in [-0.05, 0) is 31.1 Å². The number of hydrogen-bond acceptors (Lipinski definition) is 2. The number of piperidine rings is 1. The number of amides is 2. The molecule has 0 N–H and O–H groups in total. The van der Waals surface area contributed by atoms with E-state index in [2.05, 4.69) is 13.8 Å². The van der Waals surface area contributed by atoms with Crippen LogP contribution in [0.15, 0.2) is 0 Å². The van der Waals surface area contributed by atoms with E-state index in [-0.39, 0.29) is 17.7 Å². The van der Waals surface area contributed by atoms with Crippen LogP contribution in [0, 0.1) is 17.8 Å². The fraction of sp³-hybridized carbons (Fsp3) is 0.895. The first kappa shape index (κ1) is 16.8. The maximum absolute atomic E-state index is 12.9. The van der Waals surface area contributed by atoms with E-state index < -0.39 is 0 Å². The maximum Gasteiger partial charge on any atom is 0.228 e. The van der Waals surface area contributed by atoms with Crippen molar-refractivity contribution in [3.63, 3.8) is 0 Å². The Bertz CT molecular complexity index is 433. The summed E-state index contributed by atoms with van der Waals surface area (Å²) in [5, 5.41) is 0. The monoisotopic (exact) mass is 320 g/mol. The summed E-state index contributed by atoms with van der Waals surface area (Å²) < 4.78 is 0. The Labute approximate surface area is 140 Å². The van der Waals surface area contributed by atoms with Crippen molar-refractivity contribution in [2.24, 2.45) is 17.8 Å². The van der Waals surface area contributed by atoms with E-state index in [9.17, 15) is 9.59 Å². The highest BCUT2D eigenvalue weighted by Gasteiger charge is 2.40. The third kappa shape index (κ3) is 3.89. The van der Waals surface area contributed by atoms with Crippen LogP contribution in [0.25, 0.3) is 0 Å². The van der Waals surface area contributed by atoms with Crippen molar-refractivity contribution in [1.82, 2.24) is 9.80 Å². The van der Waals surface area contributed by atoms with E-state index in [1.54, 1.807) is 0 Å². The van der Waals surface area contributed by atoms with E-state index in [0.717, 1.165) is 25.9 Å². The second kappa shape index (κ2) is 7.23. The zero-order valence-corrected chi connectivity index (χ0v) is 14.8. The van der Waals surface area contributed by atoms with Gasteiger partial charge in [0.15, 0.2) is 0 Å². The van der Waals surface area contributed by atoms with Gasteiger partial charge < -0.3 is 9.80 Å². The van der Waals surface area contributed by atoms with Gasteiger partial charge in [0.25, 0.3) is 0 Å². The first-order valence-corrected chi connectivity index (χ1v) is 9.63. The molecular formula is C19H32N2O2. The van der Waals surface area contributed by atoms with E-state index in [0.29, 0.717) is 30.8 Å². The molecule has 3 rings (SSSR count). The van der Waals surface area contributed by atoms with E-state index in [4.69, 9.17) is 0 Å². The van der Waals surface area contributed by atoms with Crippen molar-refractivity contribution < 1.29 is 9.59 Å². The molecule has 1 saturated carbocycles. The zero-order valence-electron chi connectivity index (χ0n) is 14.8. The maximum atomic E-state index is 12.9. The molecule has 130 valence electrons. The molecule has 3 aliphatic rings. The Morgan fingerprint density at radius 3 is 2.17 bits per heavy atom. The summed E-state index contributed by atoms with van der Waals surface area (Å²) in [7, 11) is 0. The topological polar surface area (TPSA) is 40.6 Å². The molecule has 0 unspecified atom stereocenters. The standard InChI is InChI=1S/C19H32N2O2/c1-14-9-15(2)12-20(11-14)19(23)16-10-18(22)21(13-16)17-7-5-3-4-6-8-17/h14-17H,3-13H2,1-2H3/t14-,15-,16+/m1/s1. The highest BCUT2D eigenvalue weighted by molar-refractivity contribution is 5.89. The van der Waals surface area contributed by atoms with Crippen molar-refractivity contribution in [3.8, 4) is 0 Å². The highest BCUT2D eigenvalue weighted by Crippen LogP contribution is 2.30. The third-order valence-corrected chi connectivity index (χ3v) is 5.95. The van der Waals surface area contributed by atoms with E-state index in [1.165, 1.54) is 32.1 Å². The molecule has 3 fully saturated rings. The minimum Gasteiger partial charge on any atom is -0.342 e. The minimum absolute atomic E-state index is 0.0942. The summed E-state index contributed by atoms with van der Waals surface area (Å²) in [5.74, 6) is 1.51. The summed E-state index contributed by atoms with van der Waals surface area (Å²) >= 11 is 0. The Morgan fingerprint density at radius 1 is 0.957 bits per heavy atom. The lowest BCUT2D eigenvalue weighted by Gasteiger charge is -2.36. The van der Waals surface area contributed by atoms with Crippen LogP contribution in [0.4, 0.5) is 0 Å². The fourth-order valence-corrected chi connectivity index (χ4v) is 4.92. The SMILES string of the molecule is C[C@@H]1C[C@@H](C)CN(C(=O)[C@H]2CC(=O)N(C3CCCCCC3)C2)C1. The summed E-state index contributed by atoms with van der Waals surface area (Å²) in [6, 6.07) is 0.391. The average molecular weight is 320 g/mol. The molecule has 0 aromatic carbocycles. The van der Waals surface area contributed by atoms with Gasteiger partial charge in [-0.1, -0.05) is 39.5 Å². The molecule has 0 aromatic rings. The van der Waals surface area contributed by atoms with Crippen molar-refractivity contribution in [1.29, 1.82) is 0 Å². The van der Waals surface area contributed by atoms with Gasteiger partial charge in [0.1, 0.15) is 0 Å². The van der Waals surface area contributed by atoms with Gasteiger partial charge in [-0.3, -0.25) is 9.59 Å². The number of carbonyl (C=O) groups is 2. The summed E-state index contributed by atoms with van der Waals surface area (Å²) in [5.41, 5.74) is 0. The Morgan fingerprint density at radius 2 is 1.57 bits per heavy atom. The van der Waals surface area contributed by atoms with Gasteiger partial charge in [-0.2, -0.15) is 0 Å². The van der Waals surface area contributed by atoms with Crippen LogP contribution in [-0.2, 0) is 9.59 Å². The summed E-state index contributed by atoms with van der Waals surface area (Å²) in [4.78, 5) is 29.4. The van der Waals surface area contributed by atoms with Crippen molar-refractivity contribution in [2.75, 3.05) is 19.6 Å². The van der Waals surface area contributed by atoms with Crippen LogP contribution in [0.5, 0.6) is 0 Å². The molecule has 2 saturated heterocycles. The van der Waals surface area contributed by atoms with Crippen LogP contribution in [0.1, 0.15) is 65.2 Å². The molecular weight excluding hydrogens is 288 g/mol. The third-order valence-electron chi connectivity index (χ3n) is 5.95. The van der Waals surface area contributed by atoms with Crippen molar-refractivity contribution in [2.45, 2.75) is 71.3 Å². The van der Waals surface area contributed by atoms with Gasteiger partial charge in [-0.15, -0.1) is 0 Å². The predicted molar refractivity (Wildman–Crippen MR) is 90.8 cm³/mol. The Kier molecular flexibility index (Phi) is 5.27. The lowest BCUT2D eigenvalue weighted by Crippen LogP contribution is -2.46. The smallest absolute Gasteiger partial charge is 0.228 e. The van der Waals surface area contributed by atoms with Crippen LogP contribution >= 0.6 is 0 Å². The first-order chi connectivity index (χ1) is 11.0. The molecule has 0 radical (unpaired) electrons. The van der Waals surface area contributed by atoms with Crippen molar-refractivity contribution >= 4 is 11.8 Å². The molecule has 0 aromatic heterocycles. The summed E-state index contributed by atoms with van der Waals surface area (Å²) in [6.07, 6.45) is 8.96. The Balaban J connectivity index is 1.61. The molecule has 1 aliphatic carbocycles. The van der Waals surface area contributed by atoms with Crippen LogP contribution in [-0.4, -0.2) is 47.3 Å².